The van der Waals surface area contributed by atoms with Gasteiger partial charge in [-0.2, -0.15) is 0 Å². The van der Waals surface area contributed by atoms with Gasteiger partial charge in [0.15, 0.2) is 0 Å². The van der Waals surface area contributed by atoms with Crippen LogP contribution in [0.2, 0.25) is 0 Å². The Hall–Kier alpha value is -4.12. The molecule has 3 rings (SSSR count). The predicted octanol–water partition coefficient (Wildman–Crippen LogP) is 2.57. The van der Waals surface area contributed by atoms with E-state index in [1.54, 1.807) is 36.4 Å². The smallest absolute Gasteiger partial charge is 0.872 e. The molecule has 3 aromatic rings. The molecule has 3 aromatic carbocycles. The number of carbonyl (C=O) groups is 3. The van der Waals surface area contributed by atoms with Crippen molar-refractivity contribution in [3.63, 3.8) is 0 Å². The van der Waals surface area contributed by atoms with Crippen LogP contribution in [0.25, 0.3) is 18.2 Å². The van der Waals surface area contributed by atoms with Crippen LogP contribution in [-0.4, -0.2) is 33.2 Å². The number of aliphatic carboxylic acids is 3. The SMILES string of the molecule is O=C(O)C=Cc1ccc([O-])cc1.O=C(O)C=Cc1ccc([O-])cc1.O=C(O)C=Cc1ccc([O-])cc1.[La+3]. The van der Waals surface area contributed by atoms with E-state index in [2.05, 4.69) is 0 Å². The van der Waals surface area contributed by atoms with E-state index < -0.39 is 17.9 Å². The number of rotatable bonds is 6. The molecule has 0 fully saturated rings. The van der Waals surface area contributed by atoms with Gasteiger partial charge in [0.25, 0.3) is 0 Å². The maximum absolute atomic E-state index is 10.6. The summed E-state index contributed by atoms with van der Waals surface area (Å²) >= 11 is 0. The fourth-order valence-corrected chi connectivity index (χ4v) is 2.24. The van der Waals surface area contributed by atoms with E-state index in [9.17, 15) is 29.7 Å². The molecular weight excluding hydrogens is 607 g/mol. The van der Waals surface area contributed by atoms with Gasteiger partial charge in [0.05, 0.1) is 0 Å². The fourth-order valence-electron chi connectivity index (χ4n) is 2.24. The Kier molecular flexibility index (Phi) is 16.2. The van der Waals surface area contributed by atoms with Crippen LogP contribution in [0.3, 0.4) is 0 Å². The van der Waals surface area contributed by atoms with Crippen molar-refractivity contribution in [3.05, 3.63) is 108 Å². The van der Waals surface area contributed by atoms with E-state index >= 15 is 0 Å². The Bertz CT molecular complexity index is 1060. The molecule has 0 bridgehead atoms. The third-order valence-corrected chi connectivity index (χ3v) is 3.90. The van der Waals surface area contributed by atoms with E-state index in [0.29, 0.717) is 16.7 Å². The van der Waals surface area contributed by atoms with Crippen LogP contribution in [0, 0.1) is 35.6 Å². The first-order chi connectivity index (χ1) is 17.0. The molecule has 186 valence electrons. The van der Waals surface area contributed by atoms with Gasteiger partial charge < -0.3 is 30.6 Å². The van der Waals surface area contributed by atoms with Gasteiger partial charge in [0.2, 0.25) is 0 Å². The zero-order valence-corrected chi connectivity index (χ0v) is 22.9. The molecule has 0 aliphatic rings. The Morgan fingerprint density at radius 3 is 0.811 bits per heavy atom. The summed E-state index contributed by atoms with van der Waals surface area (Å²) in [6.45, 7) is 0. The maximum atomic E-state index is 10.6. The molecule has 0 saturated heterocycles. The number of carboxylic acids is 3. The second-order valence-corrected chi connectivity index (χ2v) is 6.72. The third kappa shape index (κ3) is 17.0. The Morgan fingerprint density at radius 1 is 0.459 bits per heavy atom. The topological polar surface area (TPSA) is 181 Å². The minimum Gasteiger partial charge on any atom is -0.872 e. The number of benzene rings is 3. The van der Waals surface area contributed by atoms with Crippen LogP contribution in [0.15, 0.2) is 91.0 Å². The van der Waals surface area contributed by atoms with Crippen molar-refractivity contribution in [2.24, 2.45) is 0 Å². The summed E-state index contributed by atoms with van der Waals surface area (Å²) in [7, 11) is 0. The van der Waals surface area contributed by atoms with Gasteiger partial charge in [0.1, 0.15) is 0 Å². The molecule has 0 atom stereocenters. The van der Waals surface area contributed by atoms with Crippen molar-refractivity contribution < 1.29 is 80.6 Å². The molecule has 0 heterocycles. The summed E-state index contributed by atoms with van der Waals surface area (Å²) in [5.41, 5.74) is 2.12. The number of hydrogen-bond acceptors (Lipinski definition) is 6. The van der Waals surface area contributed by atoms with Crippen LogP contribution >= 0.6 is 0 Å². The van der Waals surface area contributed by atoms with Crippen molar-refractivity contribution in [1.82, 2.24) is 0 Å². The largest absolute Gasteiger partial charge is 3.00 e. The van der Waals surface area contributed by atoms with Gasteiger partial charge in [-0.3, -0.25) is 0 Å². The second kappa shape index (κ2) is 18.2. The van der Waals surface area contributed by atoms with E-state index in [1.165, 1.54) is 54.6 Å². The second-order valence-electron chi connectivity index (χ2n) is 6.72. The van der Waals surface area contributed by atoms with Gasteiger partial charge in [-0.15, -0.1) is 17.2 Å². The minimum atomic E-state index is -0.999. The molecule has 37 heavy (non-hydrogen) atoms. The summed E-state index contributed by atoms with van der Waals surface area (Å²) in [5, 5.41) is 56.7. The molecule has 3 N–H and O–H groups in total. The quantitative estimate of drug-likeness (QED) is 0.346. The normalized spacial score (nSPS) is 10.1. The van der Waals surface area contributed by atoms with Crippen molar-refractivity contribution >= 4 is 36.1 Å². The maximum Gasteiger partial charge on any atom is 3.00 e. The molecule has 0 aromatic heterocycles. The molecule has 0 aliphatic heterocycles. The molecule has 0 amide bonds. The summed E-state index contributed by atoms with van der Waals surface area (Å²) in [6.07, 6.45) is 7.38. The molecule has 9 nitrogen and oxygen atoms in total. The first-order valence-electron chi connectivity index (χ1n) is 10.1. The Labute approximate surface area is 240 Å². The zero-order valence-electron chi connectivity index (χ0n) is 19.3. The van der Waals surface area contributed by atoms with Gasteiger partial charge in [0, 0.05) is 18.2 Å². The average Bonchev–Trinajstić information content (AvgIpc) is 2.84. The predicted molar refractivity (Wildman–Crippen MR) is 128 cm³/mol. The van der Waals surface area contributed by atoms with Gasteiger partial charge >= 0.3 is 53.5 Å². The molecule has 10 heteroatoms. The van der Waals surface area contributed by atoms with Crippen LogP contribution in [0.1, 0.15) is 16.7 Å². The first-order valence-corrected chi connectivity index (χ1v) is 10.1. The molecule has 0 aliphatic carbocycles. The number of carboxylic acid groups (broad SMARTS) is 3. The minimum absolute atomic E-state index is 0. The fraction of sp³-hybridized carbons (Fsp3) is 0. The number of hydrogen-bond donors (Lipinski definition) is 3. The van der Waals surface area contributed by atoms with Gasteiger partial charge in [-0.25, -0.2) is 14.4 Å². The summed E-state index contributed by atoms with van der Waals surface area (Å²) in [6, 6.07) is 17.8. The summed E-state index contributed by atoms with van der Waals surface area (Å²) < 4.78 is 0. The molecule has 0 spiro atoms. The average molecular weight is 628 g/mol. The van der Waals surface area contributed by atoms with Crippen molar-refractivity contribution in [3.8, 4) is 17.2 Å². The van der Waals surface area contributed by atoms with Crippen molar-refractivity contribution in [2.75, 3.05) is 0 Å². The summed E-state index contributed by atoms with van der Waals surface area (Å²) in [4.78, 5) is 30.3. The van der Waals surface area contributed by atoms with E-state index in [4.69, 9.17) is 15.3 Å². The molecule has 0 saturated carbocycles. The van der Waals surface area contributed by atoms with Gasteiger partial charge in [-0.05, 0) is 34.9 Å². The van der Waals surface area contributed by atoms with Crippen molar-refractivity contribution in [1.29, 1.82) is 0 Å². The van der Waals surface area contributed by atoms with E-state index in [-0.39, 0.29) is 52.8 Å². The zero-order chi connectivity index (χ0) is 26.9. The van der Waals surface area contributed by atoms with Crippen LogP contribution in [0.5, 0.6) is 17.2 Å². The monoisotopic (exact) mass is 628 g/mol. The van der Waals surface area contributed by atoms with Crippen LogP contribution in [0.4, 0.5) is 0 Å². The molecule has 0 unspecified atom stereocenters. The van der Waals surface area contributed by atoms with Crippen LogP contribution < -0.4 is 15.3 Å². The third-order valence-electron chi connectivity index (χ3n) is 3.90. The molecular formula is C27H21LaO9. The van der Waals surface area contributed by atoms with Crippen LogP contribution in [-0.2, 0) is 14.4 Å². The Morgan fingerprint density at radius 2 is 0.649 bits per heavy atom. The standard InChI is InChI=1S/3C9H8O3.La/c3*10-8-4-1-7(2-5-8)3-6-9(11)12;/h3*1-6,10H,(H,11,12);/q;;;+3/p-3. The molecule has 0 radical (unpaired) electrons. The van der Waals surface area contributed by atoms with Crippen molar-refractivity contribution in [2.45, 2.75) is 0 Å². The van der Waals surface area contributed by atoms with E-state index in [1.807, 2.05) is 0 Å². The summed E-state index contributed by atoms with van der Waals surface area (Å²) in [5.74, 6) is -3.24. The Balaban J connectivity index is 0.000000518. The van der Waals surface area contributed by atoms with Gasteiger partial charge in [-0.1, -0.05) is 72.8 Å². The first kappa shape index (κ1) is 32.9. The van der Waals surface area contributed by atoms with E-state index in [0.717, 1.165) is 18.2 Å².